The number of aliphatic hydroxyl groups is 1. The first-order chi connectivity index (χ1) is 7.18. The number of carbonyl (C=O) groups is 1. The Morgan fingerprint density at radius 1 is 1.40 bits per heavy atom. The number of urea groups is 1. The molecule has 1 N–H and O–H groups in total. The van der Waals surface area contributed by atoms with Crippen molar-refractivity contribution in [3.05, 3.63) is 0 Å². The highest BCUT2D eigenvalue weighted by Crippen LogP contribution is 2.28. The molecule has 2 amide bonds. The van der Waals surface area contributed by atoms with Gasteiger partial charge in [0.05, 0.1) is 6.10 Å². The molecule has 0 radical (unpaired) electrons. The van der Waals surface area contributed by atoms with Gasteiger partial charge in [-0.25, -0.2) is 4.79 Å². The highest BCUT2D eigenvalue weighted by atomic mass is 16.3. The first kappa shape index (κ1) is 10.7. The Kier molecular flexibility index (Phi) is 3.14. The van der Waals surface area contributed by atoms with Gasteiger partial charge in [0.1, 0.15) is 0 Å². The molecule has 1 atom stereocenters. The molecular weight excluding hydrogens is 192 g/mol. The van der Waals surface area contributed by atoms with Crippen LogP contribution in [-0.4, -0.2) is 53.7 Å². The van der Waals surface area contributed by atoms with Crippen molar-refractivity contribution in [2.45, 2.75) is 31.8 Å². The third-order valence-electron chi connectivity index (χ3n) is 3.65. The van der Waals surface area contributed by atoms with Gasteiger partial charge in [0.2, 0.25) is 0 Å². The highest BCUT2D eigenvalue weighted by molar-refractivity contribution is 5.76. The molecule has 4 heteroatoms. The Bertz CT molecular complexity index is 239. The molecule has 1 saturated heterocycles. The summed E-state index contributed by atoms with van der Waals surface area (Å²) >= 11 is 0. The Morgan fingerprint density at radius 2 is 2.07 bits per heavy atom. The van der Waals surface area contributed by atoms with E-state index >= 15 is 0 Å². The zero-order chi connectivity index (χ0) is 10.8. The summed E-state index contributed by atoms with van der Waals surface area (Å²) in [7, 11) is 1.81. The number of likely N-dealkylation sites (N-methyl/N-ethyl adjacent to an activating group) is 1. The fourth-order valence-corrected chi connectivity index (χ4v) is 2.59. The van der Waals surface area contributed by atoms with Crippen LogP contribution in [0.5, 0.6) is 0 Å². The van der Waals surface area contributed by atoms with E-state index in [2.05, 4.69) is 0 Å². The van der Waals surface area contributed by atoms with E-state index in [1.807, 2.05) is 7.05 Å². The van der Waals surface area contributed by atoms with Crippen LogP contribution in [0.1, 0.15) is 25.7 Å². The first-order valence-electron chi connectivity index (χ1n) is 5.86. The number of nitrogens with zero attached hydrogens (tertiary/aromatic N) is 2. The van der Waals surface area contributed by atoms with Crippen molar-refractivity contribution in [1.82, 2.24) is 9.80 Å². The molecule has 0 aromatic heterocycles. The molecule has 1 unspecified atom stereocenters. The summed E-state index contributed by atoms with van der Waals surface area (Å²) in [5.41, 5.74) is 0. The van der Waals surface area contributed by atoms with Gasteiger partial charge in [-0.05, 0) is 18.8 Å². The number of hydrogen-bond donors (Lipinski definition) is 1. The van der Waals surface area contributed by atoms with Crippen LogP contribution < -0.4 is 0 Å². The molecule has 0 bridgehead atoms. The smallest absolute Gasteiger partial charge is 0.319 e. The lowest BCUT2D eigenvalue weighted by Gasteiger charge is -2.23. The van der Waals surface area contributed by atoms with Crippen LogP contribution in [0.2, 0.25) is 0 Å². The van der Waals surface area contributed by atoms with Crippen molar-refractivity contribution < 1.29 is 9.90 Å². The predicted octanol–water partition coefficient (Wildman–Crippen LogP) is 0.905. The second-order valence-corrected chi connectivity index (χ2v) is 4.76. The van der Waals surface area contributed by atoms with Crippen LogP contribution >= 0.6 is 0 Å². The largest absolute Gasteiger partial charge is 0.391 e. The van der Waals surface area contributed by atoms with Crippen molar-refractivity contribution in [3.8, 4) is 0 Å². The normalized spacial score (nSPS) is 25.3. The van der Waals surface area contributed by atoms with Crippen molar-refractivity contribution in [3.63, 3.8) is 0 Å². The second-order valence-electron chi connectivity index (χ2n) is 4.76. The molecule has 2 fully saturated rings. The fourth-order valence-electron chi connectivity index (χ4n) is 2.59. The predicted molar refractivity (Wildman–Crippen MR) is 57.6 cm³/mol. The lowest BCUT2D eigenvalue weighted by molar-refractivity contribution is 0.0805. The molecule has 15 heavy (non-hydrogen) atoms. The number of amides is 2. The van der Waals surface area contributed by atoms with E-state index in [0.29, 0.717) is 12.5 Å². The van der Waals surface area contributed by atoms with Crippen molar-refractivity contribution in [1.29, 1.82) is 0 Å². The Morgan fingerprint density at radius 3 is 2.60 bits per heavy atom. The molecule has 86 valence electrons. The number of β-amino-alcohol motifs (C(OH)–C–C–N with tert-alkyl or cyclic N) is 1. The number of hydrogen-bond acceptors (Lipinski definition) is 2. The van der Waals surface area contributed by atoms with Crippen molar-refractivity contribution in [2.24, 2.45) is 5.92 Å². The number of aliphatic hydroxyl groups excluding tert-OH is 1. The van der Waals surface area contributed by atoms with Crippen molar-refractivity contribution in [2.75, 3.05) is 26.7 Å². The molecule has 2 aliphatic rings. The number of rotatable bonds is 3. The maximum absolute atomic E-state index is 11.6. The molecule has 0 aromatic rings. The molecule has 0 spiro atoms. The highest BCUT2D eigenvalue weighted by Gasteiger charge is 2.30. The lowest BCUT2D eigenvalue weighted by Crippen LogP contribution is -2.38. The molecule has 0 aromatic carbocycles. The van der Waals surface area contributed by atoms with Crippen LogP contribution in [0.25, 0.3) is 0 Å². The van der Waals surface area contributed by atoms with Gasteiger partial charge >= 0.3 is 6.03 Å². The molecule has 4 nitrogen and oxygen atoms in total. The molecule has 1 aliphatic heterocycles. The minimum Gasteiger partial charge on any atom is -0.391 e. The fraction of sp³-hybridized carbons (Fsp3) is 0.909. The monoisotopic (exact) mass is 212 g/mol. The van der Waals surface area contributed by atoms with E-state index in [4.69, 9.17) is 0 Å². The zero-order valence-electron chi connectivity index (χ0n) is 9.35. The maximum atomic E-state index is 11.6. The minimum absolute atomic E-state index is 0.0621. The van der Waals surface area contributed by atoms with Gasteiger partial charge in [-0.1, -0.05) is 12.8 Å². The Labute approximate surface area is 90.9 Å². The summed E-state index contributed by atoms with van der Waals surface area (Å²) in [4.78, 5) is 15.1. The average Bonchev–Trinajstić information content (AvgIpc) is 2.83. The van der Waals surface area contributed by atoms with Gasteiger partial charge in [-0.3, -0.25) is 0 Å². The summed E-state index contributed by atoms with van der Waals surface area (Å²) in [6.07, 6.45) is 4.39. The van der Waals surface area contributed by atoms with Gasteiger partial charge in [0, 0.05) is 26.7 Å². The lowest BCUT2D eigenvalue weighted by atomic mass is 10.0. The van der Waals surface area contributed by atoms with Crippen LogP contribution in [0.4, 0.5) is 4.79 Å². The van der Waals surface area contributed by atoms with E-state index in [-0.39, 0.29) is 12.1 Å². The summed E-state index contributed by atoms with van der Waals surface area (Å²) in [5, 5.41) is 10.0. The summed E-state index contributed by atoms with van der Waals surface area (Å²) in [6, 6.07) is 0.0621. The Hall–Kier alpha value is -0.770. The molecule has 1 heterocycles. The van der Waals surface area contributed by atoms with Crippen LogP contribution in [-0.2, 0) is 0 Å². The zero-order valence-corrected chi connectivity index (χ0v) is 9.35. The van der Waals surface area contributed by atoms with Gasteiger partial charge in [-0.15, -0.1) is 0 Å². The molecule has 1 aliphatic carbocycles. The second kappa shape index (κ2) is 4.39. The minimum atomic E-state index is -0.317. The van der Waals surface area contributed by atoms with E-state index < -0.39 is 0 Å². The standard InChI is InChI=1S/C11H20N2O2/c1-12-6-7-13(11(12)15)8-10(14)9-4-2-3-5-9/h9-10,14H,2-8H2,1H3. The van der Waals surface area contributed by atoms with Crippen LogP contribution in [0.15, 0.2) is 0 Å². The van der Waals surface area contributed by atoms with E-state index in [9.17, 15) is 9.90 Å². The van der Waals surface area contributed by atoms with Gasteiger partial charge < -0.3 is 14.9 Å². The van der Waals surface area contributed by atoms with Crippen molar-refractivity contribution >= 4 is 6.03 Å². The van der Waals surface area contributed by atoms with E-state index in [1.165, 1.54) is 12.8 Å². The third kappa shape index (κ3) is 2.25. The SMILES string of the molecule is CN1CCN(CC(O)C2CCCC2)C1=O. The maximum Gasteiger partial charge on any atom is 0.319 e. The third-order valence-corrected chi connectivity index (χ3v) is 3.65. The molecular formula is C11H20N2O2. The van der Waals surface area contributed by atoms with Crippen LogP contribution in [0.3, 0.4) is 0 Å². The van der Waals surface area contributed by atoms with E-state index in [0.717, 1.165) is 25.9 Å². The Balaban J connectivity index is 1.83. The summed E-state index contributed by atoms with van der Waals surface area (Å²) < 4.78 is 0. The first-order valence-corrected chi connectivity index (χ1v) is 5.86. The van der Waals surface area contributed by atoms with Gasteiger partial charge in [0.15, 0.2) is 0 Å². The summed E-state index contributed by atoms with van der Waals surface area (Å²) in [5.74, 6) is 0.420. The topological polar surface area (TPSA) is 43.8 Å². The quantitative estimate of drug-likeness (QED) is 0.755. The summed E-state index contributed by atoms with van der Waals surface area (Å²) in [6.45, 7) is 2.07. The van der Waals surface area contributed by atoms with E-state index in [1.54, 1.807) is 9.80 Å². The van der Waals surface area contributed by atoms with Gasteiger partial charge in [0.25, 0.3) is 0 Å². The van der Waals surface area contributed by atoms with Crippen LogP contribution in [0, 0.1) is 5.92 Å². The average molecular weight is 212 g/mol. The molecule has 1 saturated carbocycles. The number of carbonyl (C=O) groups excluding carboxylic acids is 1. The van der Waals surface area contributed by atoms with Gasteiger partial charge in [-0.2, -0.15) is 0 Å². The molecule has 2 rings (SSSR count).